The maximum atomic E-state index is 13.3. The van der Waals surface area contributed by atoms with E-state index >= 15 is 0 Å². The van der Waals surface area contributed by atoms with Gasteiger partial charge in [0.25, 0.3) is 5.91 Å². The van der Waals surface area contributed by atoms with Crippen LogP contribution in [0.5, 0.6) is 0 Å². The van der Waals surface area contributed by atoms with Gasteiger partial charge in [-0.3, -0.25) is 4.79 Å². The molecule has 3 nitrogen and oxygen atoms in total. The molecule has 0 radical (unpaired) electrons. The van der Waals surface area contributed by atoms with Crippen LogP contribution >= 0.6 is 0 Å². The Kier molecular flexibility index (Phi) is 4.63. The molecule has 4 heteroatoms. The number of aryl methyl sites for hydroxylation is 1. The minimum Gasteiger partial charge on any atom is -0.394 e. The summed E-state index contributed by atoms with van der Waals surface area (Å²) in [6.07, 6.45) is 0. The lowest BCUT2D eigenvalue weighted by atomic mass is 10.0. The number of amides is 1. The van der Waals surface area contributed by atoms with Crippen molar-refractivity contribution in [3.8, 4) is 0 Å². The molecule has 94 valence electrons. The fourth-order valence-electron chi connectivity index (χ4n) is 1.41. The number of nitrogens with one attached hydrogen (secondary N) is 1. The lowest BCUT2D eigenvalue weighted by Gasteiger charge is -2.19. The molecule has 0 spiro atoms. The Labute approximate surface area is 101 Å². The van der Waals surface area contributed by atoms with Gasteiger partial charge in [0, 0.05) is 5.56 Å². The fourth-order valence-corrected chi connectivity index (χ4v) is 1.41. The summed E-state index contributed by atoms with van der Waals surface area (Å²) in [5, 5.41) is 11.8. The molecule has 0 aliphatic heterocycles. The minimum absolute atomic E-state index is 0.124. The van der Waals surface area contributed by atoms with Crippen LogP contribution in [-0.2, 0) is 0 Å². The third kappa shape index (κ3) is 3.53. The first-order valence-electron chi connectivity index (χ1n) is 5.63. The molecular weight excluding hydrogens is 221 g/mol. The summed E-state index contributed by atoms with van der Waals surface area (Å²) < 4.78 is 13.3. The number of benzene rings is 1. The van der Waals surface area contributed by atoms with E-state index in [1.807, 2.05) is 13.8 Å². The van der Waals surface area contributed by atoms with Crippen molar-refractivity contribution >= 4 is 5.91 Å². The fraction of sp³-hybridized carbons (Fsp3) is 0.462. The lowest BCUT2D eigenvalue weighted by molar-refractivity contribution is 0.0896. The third-order valence-corrected chi connectivity index (χ3v) is 2.75. The highest BCUT2D eigenvalue weighted by molar-refractivity contribution is 5.94. The van der Waals surface area contributed by atoms with Crippen molar-refractivity contribution in [3.05, 3.63) is 35.1 Å². The highest BCUT2D eigenvalue weighted by atomic mass is 19.1. The topological polar surface area (TPSA) is 49.3 Å². The molecule has 0 bridgehead atoms. The Hall–Kier alpha value is -1.42. The van der Waals surface area contributed by atoms with Crippen LogP contribution in [0, 0.1) is 18.7 Å². The van der Waals surface area contributed by atoms with E-state index in [-0.39, 0.29) is 30.0 Å². The molecule has 0 aliphatic carbocycles. The van der Waals surface area contributed by atoms with Crippen LogP contribution in [0.25, 0.3) is 0 Å². The first-order valence-corrected chi connectivity index (χ1v) is 5.63. The van der Waals surface area contributed by atoms with Crippen LogP contribution < -0.4 is 5.32 Å². The molecule has 0 aliphatic rings. The van der Waals surface area contributed by atoms with Gasteiger partial charge in [-0.1, -0.05) is 19.9 Å². The van der Waals surface area contributed by atoms with Crippen molar-refractivity contribution in [2.75, 3.05) is 6.61 Å². The molecule has 0 aromatic heterocycles. The van der Waals surface area contributed by atoms with Gasteiger partial charge in [-0.15, -0.1) is 0 Å². The van der Waals surface area contributed by atoms with Gasteiger partial charge >= 0.3 is 0 Å². The second kappa shape index (κ2) is 5.77. The first-order chi connectivity index (χ1) is 7.95. The molecule has 0 saturated carbocycles. The summed E-state index contributed by atoms with van der Waals surface area (Å²) in [5.74, 6) is -0.640. The van der Waals surface area contributed by atoms with Crippen LogP contribution in [0.1, 0.15) is 29.8 Å². The van der Waals surface area contributed by atoms with E-state index < -0.39 is 5.82 Å². The number of rotatable bonds is 4. The van der Waals surface area contributed by atoms with Crippen molar-refractivity contribution in [2.45, 2.75) is 26.8 Å². The Morgan fingerprint density at radius 2 is 2.12 bits per heavy atom. The maximum Gasteiger partial charge on any atom is 0.251 e. The van der Waals surface area contributed by atoms with Gasteiger partial charge in [0.1, 0.15) is 5.82 Å². The molecule has 0 saturated heterocycles. The van der Waals surface area contributed by atoms with E-state index in [0.717, 1.165) is 0 Å². The average molecular weight is 239 g/mol. The van der Waals surface area contributed by atoms with Gasteiger partial charge in [0.05, 0.1) is 12.6 Å². The van der Waals surface area contributed by atoms with Gasteiger partial charge in [-0.25, -0.2) is 4.39 Å². The number of hydrogen-bond donors (Lipinski definition) is 2. The number of carbonyl (C=O) groups excluding carboxylic acids is 1. The molecule has 0 fully saturated rings. The van der Waals surface area contributed by atoms with Crippen molar-refractivity contribution in [2.24, 2.45) is 5.92 Å². The Bertz CT molecular complexity index is 404. The van der Waals surface area contributed by atoms with Gasteiger partial charge in [0.15, 0.2) is 0 Å². The highest BCUT2D eigenvalue weighted by Gasteiger charge is 2.16. The van der Waals surface area contributed by atoms with Gasteiger partial charge < -0.3 is 10.4 Å². The van der Waals surface area contributed by atoms with Crippen molar-refractivity contribution < 1.29 is 14.3 Å². The monoisotopic (exact) mass is 239 g/mol. The van der Waals surface area contributed by atoms with Crippen LogP contribution in [-0.4, -0.2) is 23.7 Å². The molecule has 1 atom stereocenters. The van der Waals surface area contributed by atoms with Crippen molar-refractivity contribution in [3.63, 3.8) is 0 Å². The number of halogens is 1. The predicted molar refractivity (Wildman–Crippen MR) is 64.3 cm³/mol. The van der Waals surface area contributed by atoms with E-state index in [1.54, 1.807) is 19.1 Å². The summed E-state index contributed by atoms with van der Waals surface area (Å²) in [7, 11) is 0. The zero-order valence-corrected chi connectivity index (χ0v) is 10.3. The molecule has 0 unspecified atom stereocenters. The van der Waals surface area contributed by atoms with E-state index in [1.165, 1.54) is 6.07 Å². The Morgan fingerprint density at radius 3 is 2.59 bits per heavy atom. The minimum atomic E-state index is -0.400. The van der Waals surface area contributed by atoms with Gasteiger partial charge in [0.2, 0.25) is 0 Å². The van der Waals surface area contributed by atoms with Crippen LogP contribution in [0.3, 0.4) is 0 Å². The maximum absolute atomic E-state index is 13.3. The number of carbonyl (C=O) groups is 1. The van der Waals surface area contributed by atoms with Crippen LogP contribution in [0.15, 0.2) is 18.2 Å². The number of aliphatic hydroxyl groups is 1. The molecule has 1 amide bonds. The highest BCUT2D eigenvalue weighted by Crippen LogP contribution is 2.10. The first kappa shape index (κ1) is 13.6. The Balaban J connectivity index is 2.79. The van der Waals surface area contributed by atoms with E-state index in [9.17, 15) is 9.18 Å². The number of hydrogen-bond acceptors (Lipinski definition) is 2. The second-order valence-electron chi connectivity index (χ2n) is 4.47. The predicted octanol–water partition coefficient (Wildman–Crippen LogP) is 1.88. The van der Waals surface area contributed by atoms with Gasteiger partial charge in [-0.05, 0) is 30.5 Å². The third-order valence-electron chi connectivity index (χ3n) is 2.75. The van der Waals surface area contributed by atoms with Crippen LogP contribution in [0.2, 0.25) is 0 Å². The molecule has 17 heavy (non-hydrogen) atoms. The SMILES string of the molecule is Cc1ccc(C(=O)N[C@H](CO)C(C)C)cc1F. The summed E-state index contributed by atoms with van der Waals surface area (Å²) in [4.78, 5) is 11.8. The van der Waals surface area contributed by atoms with Crippen LogP contribution in [0.4, 0.5) is 4.39 Å². The van der Waals surface area contributed by atoms with E-state index in [2.05, 4.69) is 5.32 Å². The lowest BCUT2D eigenvalue weighted by Crippen LogP contribution is -2.41. The zero-order chi connectivity index (χ0) is 13.0. The second-order valence-corrected chi connectivity index (χ2v) is 4.47. The van der Waals surface area contributed by atoms with E-state index in [4.69, 9.17) is 5.11 Å². The molecule has 0 heterocycles. The van der Waals surface area contributed by atoms with Crippen molar-refractivity contribution in [1.82, 2.24) is 5.32 Å². The molecule has 1 rings (SSSR count). The van der Waals surface area contributed by atoms with Gasteiger partial charge in [-0.2, -0.15) is 0 Å². The molecule has 1 aromatic carbocycles. The standard InChI is InChI=1S/C13H18FNO2/c1-8(2)12(7-16)15-13(17)10-5-4-9(3)11(14)6-10/h4-6,8,12,16H,7H2,1-3H3,(H,15,17)/t12-/m1/s1. The summed E-state index contributed by atoms with van der Waals surface area (Å²) >= 11 is 0. The average Bonchev–Trinajstić information content (AvgIpc) is 2.28. The summed E-state index contributed by atoms with van der Waals surface area (Å²) in [6, 6.07) is 4.03. The smallest absolute Gasteiger partial charge is 0.251 e. The summed E-state index contributed by atoms with van der Waals surface area (Å²) in [6.45, 7) is 5.31. The molecule has 1 aromatic rings. The number of aliphatic hydroxyl groups excluding tert-OH is 1. The molecular formula is C13H18FNO2. The quantitative estimate of drug-likeness (QED) is 0.842. The largest absolute Gasteiger partial charge is 0.394 e. The Morgan fingerprint density at radius 1 is 1.47 bits per heavy atom. The van der Waals surface area contributed by atoms with Crippen molar-refractivity contribution in [1.29, 1.82) is 0 Å². The van der Waals surface area contributed by atoms with E-state index in [0.29, 0.717) is 5.56 Å². The molecule has 2 N–H and O–H groups in total. The summed E-state index contributed by atoms with van der Waals surface area (Å²) in [5.41, 5.74) is 0.774. The normalized spacial score (nSPS) is 12.6. The zero-order valence-electron chi connectivity index (χ0n) is 10.3.